The molecule has 5 heteroatoms. The van der Waals surface area contributed by atoms with Crippen molar-refractivity contribution in [2.75, 3.05) is 19.5 Å². The van der Waals surface area contributed by atoms with Crippen molar-refractivity contribution < 1.29 is 4.74 Å². The molecule has 0 aliphatic rings. The minimum Gasteiger partial charge on any atom is -0.497 e. The van der Waals surface area contributed by atoms with E-state index in [4.69, 9.17) is 4.74 Å². The van der Waals surface area contributed by atoms with E-state index in [9.17, 15) is 0 Å². The van der Waals surface area contributed by atoms with Gasteiger partial charge in [-0.3, -0.25) is 9.88 Å². The van der Waals surface area contributed by atoms with E-state index in [1.54, 1.807) is 7.11 Å². The van der Waals surface area contributed by atoms with Crippen molar-refractivity contribution in [3.05, 3.63) is 83.8 Å². The molecule has 0 radical (unpaired) electrons. The number of rotatable bonds is 8. The molecule has 0 aliphatic heterocycles. The molecule has 0 fully saturated rings. The molecule has 0 aliphatic carbocycles. The molecule has 3 aromatic rings. The second kappa shape index (κ2) is 8.97. The molecule has 0 saturated carbocycles. The molecule has 5 nitrogen and oxygen atoms in total. The fourth-order valence-corrected chi connectivity index (χ4v) is 2.94. The smallest absolute Gasteiger partial charge is 0.130 e. The first kappa shape index (κ1) is 17.9. The van der Waals surface area contributed by atoms with Crippen LogP contribution in [0.15, 0.2) is 67.1 Å². The molecule has 2 heterocycles. The van der Waals surface area contributed by atoms with Gasteiger partial charge in [-0.05, 0) is 41.5 Å². The Kier molecular flexibility index (Phi) is 6.17. The van der Waals surface area contributed by atoms with Gasteiger partial charge in [0.15, 0.2) is 0 Å². The second-order valence-electron chi connectivity index (χ2n) is 6.11. The summed E-state index contributed by atoms with van der Waals surface area (Å²) >= 11 is 0. The van der Waals surface area contributed by atoms with Crippen molar-refractivity contribution in [1.29, 1.82) is 0 Å². The number of hydrogen-bond donors (Lipinski definition) is 1. The Morgan fingerprint density at radius 2 is 1.58 bits per heavy atom. The van der Waals surface area contributed by atoms with Crippen LogP contribution in [0.3, 0.4) is 0 Å². The topological polar surface area (TPSA) is 50.3 Å². The zero-order valence-electron chi connectivity index (χ0n) is 15.2. The van der Waals surface area contributed by atoms with Crippen LogP contribution in [0.1, 0.15) is 16.7 Å². The number of benzene rings is 1. The van der Waals surface area contributed by atoms with Crippen molar-refractivity contribution >= 4 is 5.82 Å². The van der Waals surface area contributed by atoms with Crippen LogP contribution in [0, 0.1) is 0 Å². The first-order valence-electron chi connectivity index (χ1n) is 8.64. The van der Waals surface area contributed by atoms with Gasteiger partial charge in [0.05, 0.1) is 7.11 Å². The normalized spacial score (nSPS) is 10.7. The lowest BCUT2D eigenvalue weighted by atomic mass is 10.1. The Hall–Kier alpha value is -2.92. The third kappa shape index (κ3) is 4.80. The van der Waals surface area contributed by atoms with E-state index in [1.165, 1.54) is 16.7 Å². The quantitative estimate of drug-likeness (QED) is 0.672. The molecule has 134 valence electrons. The summed E-state index contributed by atoms with van der Waals surface area (Å²) in [6.07, 6.45) is 5.49. The van der Waals surface area contributed by atoms with E-state index in [0.717, 1.165) is 31.2 Å². The van der Waals surface area contributed by atoms with E-state index in [-0.39, 0.29) is 0 Å². The number of pyridine rings is 2. The standard InChI is InChI=1S/C21H24N4O/c1-22-21-19(4-3-11-24-21)16-25(15-18-9-12-23-13-10-18)14-17-5-7-20(26-2)8-6-17/h3-13H,14-16H2,1-2H3,(H,22,24). The molecule has 2 aromatic heterocycles. The Morgan fingerprint density at radius 1 is 0.885 bits per heavy atom. The van der Waals surface area contributed by atoms with Gasteiger partial charge in [0.2, 0.25) is 0 Å². The summed E-state index contributed by atoms with van der Waals surface area (Å²) in [6.45, 7) is 2.48. The highest BCUT2D eigenvalue weighted by atomic mass is 16.5. The lowest BCUT2D eigenvalue weighted by Gasteiger charge is -2.23. The molecule has 0 unspecified atom stereocenters. The molecular formula is C21H24N4O. The molecule has 1 N–H and O–H groups in total. The van der Waals surface area contributed by atoms with Crippen LogP contribution in [-0.2, 0) is 19.6 Å². The van der Waals surface area contributed by atoms with E-state index >= 15 is 0 Å². The third-order valence-electron chi connectivity index (χ3n) is 4.24. The minimum atomic E-state index is 0.804. The summed E-state index contributed by atoms with van der Waals surface area (Å²) < 4.78 is 5.26. The first-order chi connectivity index (χ1) is 12.8. The third-order valence-corrected chi connectivity index (χ3v) is 4.24. The van der Waals surface area contributed by atoms with Crippen LogP contribution < -0.4 is 10.1 Å². The van der Waals surface area contributed by atoms with E-state index in [1.807, 2.05) is 43.8 Å². The molecule has 3 rings (SSSR count). The fourth-order valence-electron chi connectivity index (χ4n) is 2.94. The minimum absolute atomic E-state index is 0.804. The summed E-state index contributed by atoms with van der Waals surface area (Å²) in [4.78, 5) is 10.9. The van der Waals surface area contributed by atoms with Crippen LogP contribution >= 0.6 is 0 Å². The molecule has 26 heavy (non-hydrogen) atoms. The molecule has 0 spiro atoms. The summed E-state index contributed by atoms with van der Waals surface area (Å²) in [5.74, 6) is 1.79. The highest BCUT2D eigenvalue weighted by molar-refractivity contribution is 5.43. The number of nitrogens with one attached hydrogen (secondary N) is 1. The number of methoxy groups -OCH3 is 1. The monoisotopic (exact) mass is 348 g/mol. The summed E-state index contributed by atoms with van der Waals surface area (Å²) in [5, 5.41) is 3.18. The van der Waals surface area contributed by atoms with Crippen LogP contribution in [0.25, 0.3) is 0 Å². The van der Waals surface area contributed by atoms with Gasteiger partial charge in [-0.1, -0.05) is 18.2 Å². The van der Waals surface area contributed by atoms with Gasteiger partial charge in [0, 0.05) is 50.8 Å². The highest BCUT2D eigenvalue weighted by Gasteiger charge is 2.11. The maximum atomic E-state index is 5.26. The summed E-state index contributed by atoms with van der Waals surface area (Å²) in [7, 11) is 3.59. The van der Waals surface area contributed by atoms with Crippen molar-refractivity contribution in [3.8, 4) is 5.75 Å². The average molecular weight is 348 g/mol. The molecule has 0 bridgehead atoms. The molecule has 0 atom stereocenters. The van der Waals surface area contributed by atoms with E-state index < -0.39 is 0 Å². The van der Waals surface area contributed by atoms with Crippen molar-refractivity contribution in [1.82, 2.24) is 14.9 Å². The predicted octanol–water partition coefficient (Wildman–Crippen LogP) is 3.73. The number of hydrogen-bond acceptors (Lipinski definition) is 5. The Labute approximate surface area is 154 Å². The first-order valence-corrected chi connectivity index (χ1v) is 8.64. The van der Waals surface area contributed by atoms with Crippen LogP contribution in [-0.4, -0.2) is 29.0 Å². The van der Waals surface area contributed by atoms with E-state index in [0.29, 0.717) is 0 Å². The van der Waals surface area contributed by atoms with Crippen LogP contribution in [0.4, 0.5) is 5.82 Å². The Balaban J connectivity index is 1.80. The van der Waals surface area contributed by atoms with Crippen molar-refractivity contribution in [3.63, 3.8) is 0 Å². The number of ether oxygens (including phenoxy) is 1. The summed E-state index contributed by atoms with van der Waals surface area (Å²) in [5.41, 5.74) is 3.66. The molecule has 0 saturated heterocycles. The maximum absolute atomic E-state index is 5.26. The number of aromatic nitrogens is 2. The lowest BCUT2D eigenvalue weighted by molar-refractivity contribution is 0.247. The van der Waals surface area contributed by atoms with Crippen LogP contribution in [0.2, 0.25) is 0 Å². The van der Waals surface area contributed by atoms with Gasteiger partial charge < -0.3 is 10.1 Å². The van der Waals surface area contributed by atoms with Crippen molar-refractivity contribution in [2.45, 2.75) is 19.6 Å². The predicted molar refractivity (Wildman–Crippen MR) is 104 cm³/mol. The average Bonchev–Trinajstić information content (AvgIpc) is 2.70. The summed E-state index contributed by atoms with van der Waals surface area (Å²) in [6, 6.07) is 16.4. The van der Waals surface area contributed by atoms with E-state index in [2.05, 4.69) is 50.5 Å². The second-order valence-corrected chi connectivity index (χ2v) is 6.11. The largest absolute Gasteiger partial charge is 0.497 e. The molecule has 0 amide bonds. The lowest BCUT2D eigenvalue weighted by Crippen LogP contribution is -2.23. The van der Waals surface area contributed by atoms with Gasteiger partial charge in [0.25, 0.3) is 0 Å². The molecule has 1 aromatic carbocycles. The zero-order chi connectivity index (χ0) is 18.2. The Bertz CT molecular complexity index is 806. The zero-order valence-corrected chi connectivity index (χ0v) is 15.2. The highest BCUT2D eigenvalue weighted by Crippen LogP contribution is 2.19. The SMILES string of the molecule is CNc1ncccc1CN(Cc1ccncc1)Cc1ccc(OC)cc1. The van der Waals surface area contributed by atoms with Crippen molar-refractivity contribution in [2.24, 2.45) is 0 Å². The van der Waals surface area contributed by atoms with Gasteiger partial charge in [-0.2, -0.15) is 0 Å². The number of anilines is 1. The van der Waals surface area contributed by atoms with Crippen LogP contribution in [0.5, 0.6) is 5.75 Å². The molecular weight excluding hydrogens is 324 g/mol. The maximum Gasteiger partial charge on any atom is 0.130 e. The van der Waals surface area contributed by atoms with Gasteiger partial charge in [0.1, 0.15) is 11.6 Å². The number of nitrogens with zero attached hydrogens (tertiary/aromatic N) is 3. The fraction of sp³-hybridized carbons (Fsp3) is 0.238. The Morgan fingerprint density at radius 3 is 2.23 bits per heavy atom. The van der Waals surface area contributed by atoms with Gasteiger partial charge >= 0.3 is 0 Å². The van der Waals surface area contributed by atoms with Gasteiger partial charge in [-0.15, -0.1) is 0 Å². The van der Waals surface area contributed by atoms with Gasteiger partial charge in [-0.25, -0.2) is 4.98 Å².